The minimum Gasteiger partial charge on any atom is -0.396 e. The second-order valence-electron chi connectivity index (χ2n) is 3.56. The van der Waals surface area contributed by atoms with Crippen LogP contribution >= 0.6 is 0 Å². The van der Waals surface area contributed by atoms with Crippen LogP contribution in [0.25, 0.3) is 0 Å². The van der Waals surface area contributed by atoms with Crippen LogP contribution in [-0.4, -0.2) is 21.5 Å². The van der Waals surface area contributed by atoms with Crippen molar-refractivity contribution < 1.29 is 5.11 Å². The second-order valence-corrected chi connectivity index (χ2v) is 3.56. The molecule has 13 heavy (non-hydrogen) atoms. The summed E-state index contributed by atoms with van der Waals surface area (Å²) in [6, 6.07) is 2.49. The molecule has 1 heterocycles. The highest BCUT2D eigenvalue weighted by atomic mass is 16.2. The zero-order valence-corrected chi connectivity index (χ0v) is 8.40. The first-order chi connectivity index (χ1) is 6.24. The van der Waals surface area contributed by atoms with Crippen molar-refractivity contribution in [1.29, 1.82) is 0 Å². The van der Waals surface area contributed by atoms with E-state index in [2.05, 4.69) is 25.0 Å². The van der Waals surface area contributed by atoms with E-state index < -0.39 is 0 Å². The van der Waals surface area contributed by atoms with Gasteiger partial charge in [0, 0.05) is 18.8 Å². The van der Waals surface area contributed by atoms with E-state index >= 15 is 0 Å². The average molecular weight is 182 g/mol. The number of hydrogen-bond donors (Lipinski definition) is 1. The van der Waals surface area contributed by atoms with Crippen LogP contribution in [0.1, 0.15) is 38.4 Å². The molecule has 1 aromatic heterocycles. The molecule has 0 radical (unpaired) electrons. The van der Waals surface area contributed by atoms with Gasteiger partial charge < -0.3 is 5.11 Å². The van der Waals surface area contributed by atoms with Crippen LogP contribution in [0.3, 0.4) is 0 Å². The number of rotatable bonds is 5. The lowest BCUT2D eigenvalue weighted by Crippen LogP contribution is -2.01. The molecule has 0 saturated carbocycles. The molecule has 0 fully saturated rings. The molecule has 3 nitrogen and oxygen atoms in total. The fourth-order valence-corrected chi connectivity index (χ4v) is 1.22. The van der Waals surface area contributed by atoms with Gasteiger partial charge >= 0.3 is 0 Å². The Kier molecular flexibility index (Phi) is 3.96. The maximum Gasteiger partial charge on any atom is 0.0624 e. The summed E-state index contributed by atoms with van der Waals surface area (Å²) >= 11 is 0. The van der Waals surface area contributed by atoms with Crippen molar-refractivity contribution in [2.75, 3.05) is 6.61 Å². The van der Waals surface area contributed by atoms with Crippen LogP contribution in [0.5, 0.6) is 0 Å². The SMILES string of the molecule is CC(C)n1ccc(CCCCO)n1. The van der Waals surface area contributed by atoms with E-state index in [0.29, 0.717) is 6.04 Å². The maximum absolute atomic E-state index is 8.61. The van der Waals surface area contributed by atoms with Gasteiger partial charge in [0.15, 0.2) is 0 Å². The van der Waals surface area contributed by atoms with Gasteiger partial charge in [-0.25, -0.2) is 0 Å². The van der Waals surface area contributed by atoms with Crippen LogP contribution in [0.15, 0.2) is 12.3 Å². The molecule has 74 valence electrons. The van der Waals surface area contributed by atoms with Gasteiger partial charge in [-0.3, -0.25) is 4.68 Å². The van der Waals surface area contributed by atoms with Crippen molar-refractivity contribution in [2.45, 2.75) is 39.2 Å². The molecule has 0 atom stereocenters. The number of nitrogens with zero attached hydrogens (tertiary/aromatic N) is 2. The monoisotopic (exact) mass is 182 g/mol. The Morgan fingerprint density at radius 3 is 2.77 bits per heavy atom. The lowest BCUT2D eigenvalue weighted by atomic mass is 10.2. The van der Waals surface area contributed by atoms with Gasteiger partial charge in [-0.2, -0.15) is 5.10 Å². The summed E-state index contributed by atoms with van der Waals surface area (Å²) in [4.78, 5) is 0. The van der Waals surface area contributed by atoms with E-state index in [1.54, 1.807) is 0 Å². The molecule has 0 saturated heterocycles. The smallest absolute Gasteiger partial charge is 0.0624 e. The second kappa shape index (κ2) is 5.02. The Bertz CT molecular complexity index is 243. The highest BCUT2D eigenvalue weighted by molar-refractivity contribution is 4.99. The van der Waals surface area contributed by atoms with E-state index in [0.717, 1.165) is 25.0 Å². The molecule has 1 rings (SSSR count). The maximum atomic E-state index is 8.61. The van der Waals surface area contributed by atoms with Crippen molar-refractivity contribution >= 4 is 0 Å². The number of unbranched alkanes of at least 4 members (excludes halogenated alkanes) is 1. The van der Waals surface area contributed by atoms with Crippen LogP contribution in [0, 0.1) is 0 Å². The van der Waals surface area contributed by atoms with Gasteiger partial charge in [0.25, 0.3) is 0 Å². The molecule has 0 unspecified atom stereocenters. The third-order valence-corrected chi connectivity index (χ3v) is 2.03. The molecule has 0 aliphatic carbocycles. The lowest BCUT2D eigenvalue weighted by Gasteiger charge is -2.03. The average Bonchev–Trinajstić information content (AvgIpc) is 2.53. The first-order valence-corrected chi connectivity index (χ1v) is 4.89. The predicted molar refractivity (Wildman–Crippen MR) is 52.6 cm³/mol. The standard InChI is InChI=1S/C10H18N2O/c1-9(2)12-7-6-10(11-12)5-3-4-8-13/h6-7,9,13H,3-5,8H2,1-2H3. The molecule has 0 aromatic carbocycles. The van der Waals surface area contributed by atoms with E-state index in [9.17, 15) is 0 Å². The summed E-state index contributed by atoms with van der Waals surface area (Å²) < 4.78 is 1.97. The predicted octanol–water partition coefficient (Wildman–Crippen LogP) is 1.78. The molecule has 0 aliphatic rings. The highest BCUT2D eigenvalue weighted by Crippen LogP contribution is 2.06. The molecule has 0 aliphatic heterocycles. The molecule has 1 aromatic rings. The molecule has 1 N–H and O–H groups in total. The zero-order chi connectivity index (χ0) is 9.68. The topological polar surface area (TPSA) is 38.0 Å². The first kappa shape index (κ1) is 10.3. The normalized spacial score (nSPS) is 11.1. The summed E-state index contributed by atoms with van der Waals surface area (Å²) in [6.07, 6.45) is 4.87. The molecule has 0 amide bonds. The summed E-state index contributed by atoms with van der Waals surface area (Å²) in [5, 5.41) is 13.0. The third-order valence-electron chi connectivity index (χ3n) is 2.03. The quantitative estimate of drug-likeness (QED) is 0.705. The van der Waals surface area contributed by atoms with Crippen molar-refractivity contribution in [3.05, 3.63) is 18.0 Å². The van der Waals surface area contributed by atoms with Crippen molar-refractivity contribution in [3.8, 4) is 0 Å². The zero-order valence-electron chi connectivity index (χ0n) is 8.40. The van der Waals surface area contributed by atoms with Gasteiger partial charge in [-0.15, -0.1) is 0 Å². The van der Waals surface area contributed by atoms with Gasteiger partial charge in [0.2, 0.25) is 0 Å². The summed E-state index contributed by atoms with van der Waals surface area (Å²) in [6.45, 7) is 4.51. The van der Waals surface area contributed by atoms with Crippen LogP contribution in [-0.2, 0) is 6.42 Å². The first-order valence-electron chi connectivity index (χ1n) is 4.89. The van der Waals surface area contributed by atoms with Crippen molar-refractivity contribution in [2.24, 2.45) is 0 Å². The van der Waals surface area contributed by atoms with Gasteiger partial charge in [0.1, 0.15) is 0 Å². The summed E-state index contributed by atoms with van der Waals surface area (Å²) in [5.74, 6) is 0. The minimum atomic E-state index is 0.283. The Morgan fingerprint density at radius 1 is 1.46 bits per heavy atom. The van der Waals surface area contributed by atoms with Gasteiger partial charge in [-0.1, -0.05) is 0 Å². The fraction of sp³-hybridized carbons (Fsp3) is 0.700. The summed E-state index contributed by atoms with van der Waals surface area (Å²) in [5.41, 5.74) is 1.13. The van der Waals surface area contributed by atoms with Gasteiger partial charge in [-0.05, 0) is 39.2 Å². The Balaban J connectivity index is 2.40. The Labute approximate surface area is 79.4 Å². The fourth-order valence-electron chi connectivity index (χ4n) is 1.22. The highest BCUT2D eigenvalue weighted by Gasteiger charge is 2.00. The molecular formula is C10H18N2O. The van der Waals surface area contributed by atoms with Crippen LogP contribution in [0.2, 0.25) is 0 Å². The number of aromatic nitrogens is 2. The third kappa shape index (κ3) is 3.19. The van der Waals surface area contributed by atoms with Crippen molar-refractivity contribution in [1.82, 2.24) is 9.78 Å². The Morgan fingerprint density at radius 2 is 2.23 bits per heavy atom. The largest absolute Gasteiger partial charge is 0.396 e. The lowest BCUT2D eigenvalue weighted by molar-refractivity contribution is 0.284. The minimum absolute atomic E-state index is 0.283. The van der Waals surface area contributed by atoms with E-state index in [1.807, 2.05) is 10.9 Å². The number of aryl methyl sites for hydroxylation is 1. The Hall–Kier alpha value is -0.830. The van der Waals surface area contributed by atoms with Gasteiger partial charge in [0.05, 0.1) is 5.69 Å². The van der Waals surface area contributed by atoms with Crippen molar-refractivity contribution in [3.63, 3.8) is 0 Å². The van der Waals surface area contributed by atoms with E-state index in [-0.39, 0.29) is 6.61 Å². The molecule has 0 bridgehead atoms. The molecular weight excluding hydrogens is 164 g/mol. The number of aliphatic hydroxyl groups excluding tert-OH is 1. The number of aliphatic hydroxyl groups is 1. The van der Waals surface area contributed by atoms with Crippen LogP contribution in [0.4, 0.5) is 0 Å². The number of hydrogen-bond acceptors (Lipinski definition) is 2. The summed E-state index contributed by atoms with van der Waals surface area (Å²) in [7, 11) is 0. The van der Waals surface area contributed by atoms with E-state index in [4.69, 9.17) is 5.11 Å². The van der Waals surface area contributed by atoms with E-state index in [1.165, 1.54) is 0 Å². The molecule has 3 heteroatoms. The molecule has 0 spiro atoms. The van der Waals surface area contributed by atoms with Crippen LogP contribution < -0.4 is 0 Å².